The lowest BCUT2D eigenvalue weighted by Gasteiger charge is -2.27. The molecule has 0 amide bonds. The highest BCUT2D eigenvalue weighted by atomic mass is 35.5. The largest absolute Gasteiger partial charge is 0.279 e. The zero-order valence-corrected chi connectivity index (χ0v) is 11.6. The van der Waals surface area contributed by atoms with Crippen LogP contribution >= 0.6 is 11.6 Å². The molecule has 1 aliphatic carbocycles. The second-order valence-electron chi connectivity index (χ2n) is 5.02. The monoisotopic (exact) mass is 280 g/mol. The molecule has 0 bridgehead atoms. The van der Waals surface area contributed by atoms with Crippen LogP contribution in [0.15, 0.2) is 0 Å². The molecule has 2 rings (SSSR count). The topological polar surface area (TPSA) is 49.4 Å². The number of hydrogen-bond acceptors (Lipinski definition) is 2. The summed E-state index contributed by atoms with van der Waals surface area (Å²) in [5, 5.41) is 0.130. The molecule has 2 atom stereocenters. The molecule has 100 valence electrons. The van der Waals surface area contributed by atoms with Crippen molar-refractivity contribution in [2.24, 2.45) is 5.92 Å². The van der Waals surface area contributed by atoms with Gasteiger partial charge in [0.1, 0.15) is 0 Å². The van der Waals surface area contributed by atoms with E-state index >= 15 is 0 Å². The van der Waals surface area contributed by atoms with Crippen LogP contribution < -0.4 is 4.72 Å². The number of nitrogens with one attached hydrogen (secondary N) is 1. The molecule has 1 saturated carbocycles. The molecule has 4 nitrogen and oxygen atoms in total. The average molecular weight is 281 g/mol. The molecule has 17 heavy (non-hydrogen) atoms. The Balaban J connectivity index is 1.84. The first-order chi connectivity index (χ1) is 8.09. The lowest BCUT2D eigenvalue weighted by Crippen LogP contribution is -2.42. The first-order valence-electron chi connectivity index (χ1n) is 6.48. The number of nitrogens with zero attached hydrogens (tertiary/aromatic N) is 1. The van der Waals surface area contributed by atoms with Gasteiger partial charge in [0, 0.05) is 25.0 Å². The van der Waals surface area contributed by atoms with Gasteiger partial charge in [-0.2, -0.15) is 12.7 Å². The minimum Gasteiger partial charge on any atom is -0.202 e. The normalized spacial score (nSPS) is 31.8. The highest BCUT2D eigenvalue weighted by molar-refractivity contribution is 7.87. The quantitative estimate of drug-likeness (QED) is 0.797. The van der Waals surface area contributed by atoms with E-state index in [1.165, 1.54) is 12.8 Å². The summed E-state index contributed by atoms with van der Waals surface area (Å²) < 4.78 is 28.2. The van der Waals surface area contributed by atoms with Crippen LogP contribution in [0.25, 0.3) is 0 Å². The van der Waals surface area contributed by atoms with E-state index in [4.69, 9.17) is 11.6 Å². The average Bonchev–Trinajstić information content (AvgIpc) is 2.82. The van der Waals surface area contributed by atoms with Gasteiger partial charge in [0.2, 0.25) is 0 Å². The van der Waals surface area contributed by atoms with Crippen LogP contribution in [-0.2, 0) is 10.2 Å². The predicted molar refractivity (Wildman–Crippen MR) is 69.3 cm³/mol. The molecule has 0 radical (unpaired) electrons. The third-order valence-corrected chi connectivity index (χ3v) is 5.90. The summed E-state index contributed by atoms with van der Waals surface area (Å²) in [5.74, 6) is 0.294. The second-order valence-corrected chi connectivity index (χ2v) is 7.34. The van der Waals surface area contributed by atoms with Gasteiger partial charge < -0.3 is 0 Å². The molecular formula is C11H21ClN2O2S. The summed E-state index contributed by atoms with van der Waals surface area (Å²) in [6, 6.07) is 0. The van der Waals surface area contributed by atoms with Crippen LogP contribution in [0, 0.1) is 5.92 Å². The molecule has 1 N–H and O–H groups in total. The summed E-state index contributed by atoms with van der Waals surface area (Å²) in [6.45, 7) is 1.81. The summed E-state index contributed by atoms with van der Waals surface area (Å²) in [4.78, 5) is 0. The van der Waals surface area contributed by atoms with Crippen molar-refractivity contribution < 1.29 is 8.42 Å². The van der Waals surface area contributed by atoms with Crippen LogP contribution in [-0.4, -0.2) is 37.7 Å². The van der Waals surface area contributed by atoms with Crippen molar-refractivity contribution in [3.63, 3.8) is 0 Å². The van der Waals surface area contributed by atoms with Crippen molar-refractivity contribution in [2.45, 2.75) is 43.9 Å². The van der Waals surface area contributed by atoms with E-state index in [-0.39, 0.29) is 5.38 Å². The van der Waals surface area contributed by atoms with Gasteiger partial charge in [-0.25, -0.2) is 4.72 Å². The molecule has 0 aromatic rings. The Morgan fingerprint density at radius 1 is 1.12 bits per heavy atom. The van der Waals surface area contributed by atoms with Crippen molar-refractivity contribution in [1.29, 1.82) is 0 Å². The van der Waals surface area contributed by atoms with Crippen LogP contribution in [0.1, 0.15) is 38.5 Å². The second kappa shape index (κ2) is 5.87. The number of hydrogen-bond donors (Lipinski definition) is 1. The van der Waals surface area contributed by atoms with Crippen molar-refractivity contribution in [3.8, 4) is 0 Å². The van der Waals surface area contributed by atoms with Gasteiger partial charge >= 0.3 is 0 Å². The van der Waals surface area contributed by atoms with Crippen molar-refractivity contribution in [2.75, 3.05) is 19.6 Å². The Labute approximate surface area is 109 Å². The fourth-order valence-electron chi connectivity index (χ4n) is 2.62. The van der Waals surface area contributed by atoms with E-state index in [0.717, 1.165) is 25.7 Å². The fraction of sp³-hybridized carbons (Fsp3) is 1.00. The Kier molecular flexibility index (Phi) is 4.69. The van der Waals surface area contributed by atoms with Crippen LogP contribution in [0.3, 0.4) is 0 Å². The third-order valence-electron chi connectivity index (χ3n) is 3.75. The molecular weight excluding hydrogens is 260 g/mol. The molecule has 0 aromatic carbocycles. The lowest BCUT2D eigenvalue weighted by molar-refractivity contribution is 0.359. The number of halogens is 1. The predicted octanol–water partition coefficient (Wildman–Crippen LogP) is 1.71. The summed E-state index contributed by atoms with van der Waals surface area (Å²) in [6.07, 6.45) is 6.34. The van der Waals surface area contributed by atoms with E-state index < -0.39 is 10.2 Å². The minimum atomic E-state index is -3.26. The zero-order valence-electron chi connectivity index (χ0n) is 10.1. The Hall–Kier alpha value is 0.160. The molecule has 1 aliphatic heterocycles. The fourth-order valence-corrected chi connectivity index (χ4v) is 4.34. The van der Waals surface area contributed by atoms with Gasteiger partial charge in [-0.15, -0.1) is 11.6 Å². The van der Waals surface area contributed by atoms with E-state index in [0.29, 0.717) is 25.6 Å². The van der Waals surface area contributed by atoms with Gasteiger partial charge in [-0.1, -0.05) is 12.8 Å². The third kappa shape index (κ3) is 3.56. The summed E-state index contributed by atoms with van der Waals surface area (Å²) in [7, 11) is -3.26. The molecule has 6 heteroatoms. The standard InChI is InChI=1S/C11H21ClN2O2S/c12-11-6-2-1-5-10(11)9-13-17(15,16)14-7-3-4-8-14/h10-11,13H,1-9H2. The van der Waals surface area contributed by atoms with Gasteiger partial charge in [-0.3, -0.25) is 0 Å². The molecule has 2 aliphatic rings. The maximum Gasteiger partial charge on any atom is 0.279 e. The van der Waals surface area contributed by atoms with Crippen LogP contribution in [0.2, 0.25) is 0 Å². The highest BCUT2D eigenvalue weighted by Gasteiger charge is 2.28. The van der Waals surface area contributed by atoms with Crippen molar-refractivity contribution >= 4 is 21.8 Å². The number of rotatable bonds is 4. The van der Waals surface area contributed by atoms with E-state index in [2.05, 4.69) is 4.72 Å². The van der Waals surface area contributed by atoms with E-state index in [9.17, 15) is 8.42 Å². The van der Waals surface area contributed by atoms with Crippen LogP contribution in [0.5, 0.6) is 0 Å². The molecule has 2 fully saturated rings. The van der Waals surface area contributed by atoms with Gasteiger partial charge in [0.05, 0.1) is 0 Å². The number of alkyl halides is 1. The van der Waals surface area contributed by atoms with Gasteiger partial charge in [0.25, 0.3) is 10.2 Å². The highest BCUT2D eigenvalue weighted by Crippen LogP contribution is 2.28. The SMILES string of the molecule is O=S(=O)(NCC1CCCCC1Cl)N1CCCC1. The minimum absolute atomic E-state index is 0.130. The van der Waals surface area contributed by atoms with Crippen LogP contribution in [0.4, 0.5) is 0 Å². The molecule has 1 saturated heterocycles. The Morgan fingerprint density at radius 2 is 1.76 bits per heavy atom. The van der Waals surface area contributed by atoms with E-state index in [1.54, 1.807) is 4.31 Å². The molecule has 1 heterocycles. The lowest BCUT2D eigenvalue weighted by atomic mass is 9.89. The van der Waals surface area contributed by atoms with E-state index in [1.807, 2.05) is 0 Å². The smallest absolute Gasteiger partial charge is 0.202 e. The Morgan fingerprint density at radius 3 is 2.41 bits per heavy atom. The van der Waals surface area contributed by atoms with Crippen molar-refractivity contribution in [3.05, 3.63) is 0 Å². The summed E-state index contributed by atoms with van der Waals surface area (Å²) >= 11 is 6.22. The van der Waals surface area contributed by atoms with Crippen molar-refractivity contribution in [1.82, 2.24) is 9.03 Å². The molecule has 2 unspecified atom stereocenters. The first-order valence-corrected chi connectivity index (χ1v) is 8.36. The maximum absolute atomic E-state index is 12.0. The summed E-state index contributed by atoms with van der Waals surface area (Å²) in [5.41, 5.74) is 0. The first kappa shape index (κ1) is 13.6. The Bertz CT molecular complexity index is 341. The molecule has 0 spiro atoms. The van der Waals surface area contributed by atoms with Gasteiger partial charge in [0.15, 0.2) is 0 Å². The maximum atomic E-state index is 12.0. The van der Waals surface area contributed by atoms with Gasteiger partial charge in [-0.05, 0) is 31.6 Å². The molecule has 0 aromatic heterocycles. The zero-order chi connectivity index (χ0) is 12.3.